The first-order valence-corrected chi connectivity index (χ1v) is 9.00. The van der Waals surface area contributed by atoms with Crippen LogP contribution >= 0.6 is 0 Å². The van der Waals surface area contributed by atoms with E-state index in [1.807, 2.05) is 13.8 Å². The van der Waals surface area contributed by atoms with Crippen molar-refractivity contribution in [1.29, 1.82) is 0 Å². The van der Waals surface area contributed by atoms with Crippen LogP contribution in [-0.2, 0) is 9.16 Å². The molecule has 0 aliphatic carbocycles. The van der Waals surface area contributed by atoms with Crippen molar-refractivity contribution in [3.8, 4) is 0 Å². The molecule has 1 atom stereocenters. The van der Waals surface area contributed by atoms with E-state index in [2.05, 4.69) is 51.2 Å². The highest BCUT2D eigenvalue weighted by Crippen LogP contribution is 2.26. The summed E-state index contributed by atoms with van der Waals surface area (Å²) in [6, 6.07) is 0. The molecule has 0 bridgehead atoms. The van der Waals surface area contributed by atoms with Gasteiger partial charge in [0.2, 0.25) is 8.32 Å². The van der Waals surface area contributed by atoms with Crippen molar-refractivity contribution in [2.24, 2.45) is 0 Å². The van der Waals surface area contributed by atoms with E-state index >= 15 is 0 Å². The van der Waals surface area contributed by atoms with E-state index in [4.69, 9.17) is 9.16 Å². The maximum absolute atomic E-state index is 6.04. The summed E-state index contributed by atoms with van der Waals surface area (Å²) < 4.78 is 11.2. The van der Waals surface area contributed by atoms with E-state index in [1.54, 1.807) is 7.11 Å². The van der Waals surface area contributed by atoms with Crippen LogP contribution in [0.4, 0.5) is 0 Å². The molecule has 1 unspecified atom stereocenters. The molecule has 98 valence electrons. The molecule has 0 aliphatic heterocycles. The van der Waals surface area contributed by atoms with Crippen LogP contribution in [0.25, 0.3) is 0 Å². The van der Waals surface area contributed by atoms with Gasteiger partial charge < -0.3 is 9.16 Å². The molecule has 0 saturated heterocycles. The minimum Gasteiger partial charge on any atom is -0.388 e. The standard InChI is InChI=1S/C14H26O2Si/c1-8-11-13(9-2)14(10-3)17(6,7)16-12(4)15-5/h8-12H,1-7H3. The van der Waals surface area contributed by atoms with Crippen molar-refractivity contribution < 1.29 is 9.16 Å². The third-order valence-corrected chi connectivity index (χ3v) is 5.49. The van der Waals surface area contributed by atoms with Gasteiger partial charge in [-0.25, -0.2) is 0 Å². The molecule has 0 N–H and O–H groups in total. The Morgan fingerprint density at radius 2 is 1.71 bits per heavy atom. The Labute approximate surface area is 107 Å². The Morgan fingerprint density at radius 3 is 2.06 bits per heavy atom. The van der Waals surface area contributed by atoms with Crippen LogP contribution in [0.5, 0.6) is 0 Å². The fraction of sp³-hybridized carbons (Fsp3) is 0.571. The molecule has 0 radical (unpaired) electrons. The second-order valence-electron chi connectivity index (χ2n) is 4.38. The Bertz CT molecular complexity index is 314. The lowest BCUT2D eigenvalue weighted by Gasteiger charge is -2.29. The SMILES string of the molecule is CC=CC(=CC)C(=CC)[Si](C)(C)OC(C)OC. The second-order valence-corrected chi connectivity index (χ2v) is 8.17. The van der Waals surface area contributed by atoms with Gasteiger partial charge in [-0.15, -0.1) is 0 Å². The molecule has 0 amide bonds. The fourth-order valence-electron chi connectivity index (χ4n) is 1.91. The zero-order valence-corrected chi connectivity index (χ0v) is 13.2. The first-order chi connectivity index (χ1) is 7.92. The van der Waals surface area contributed by atoms with Gasteiger partial charge in [-0.2, -0.15) is 0 Å². The first-order valence-electron chi connectivity index (χ1n) is 6.09. The van der Waals surface area contributed by atoms with Crippen molar-refractivity contribution >= 4 is 8.32 Å². The van der Waals surface area contributed by atoms with Crippen LogP contribution in [0.15, 0.2) is 35.1 Å². The van der Waals surface area contributed by atoms with E-state index in [0.29, 0.717) is 0 Å². The number of methoxy groups -OCH3 is 1. The third-order valence-electron chi connectivity index (χ3n) is 2.70. The molecule has 0 aliphatic rings. The monoisotopic (exact) mass is 254 g/mol. The van der Waals surface area contributed by atoms with Crippen molar-refractivity contribution in [2.45, 2.75) is 47.1 Å². The molecule has 0 saturated carbocycles. The number of allylic oxidation sites excluding steroid dienone is 6. The summed E-state index contributed by atoms with van der Waals surface area (Å²) in [5.41, 5.74) is 1.25. The predicted molar refractivity (Wildman–Crippen MR) is 77.4 cm³/mol. The van der Waals surface area contributed by atoms with E-state index in [-0.39, 0.29) is 6.29 Å². The molecule has 3 heteroatoms. The number of rotatable bonds is 6. The van der Waals surface area contributed by atoms with Crippen LogP contribution in [0.1, 0.15) is 27.7 Å². The average Bonchev–Trinajstić information content (AvgIpc) is 2.27. The molecule has 0 fully saturated rings. The van der Waals surface area contributed by atoms with Crippen molar-refractivity contribution in [2.75, 3.05) is 7.11 Å². The van der Waals surface area contributed by atoms with Crippen molar-refractivity contribution in [3.63, 3.8) is 0 Å². The normalized spacial score (nSPS) is 16.6. The summed E-state index contributed by atoms with van der Waals surface area (Å²) in [4.78, 5) is 0. The van der Waals surface area contributed by atoms with Crippen LogP contribution < -0.4 is 0 Å². The second kappa shape index (κ2) is 7.64. The highest BCUT2D eigenvalue weighted by Gasteiger charge is 2.30. The topological polar surface area (TPSA) is 18.5 Å². The molecular weight excluding hydrogens is 228 g/mol. The van der Waals surface area contributed by atoms with Crippen molar-refractivity contribution in [3.05, 3.63) is 35.1 Å². The van der Waals surface area contributed by atoms with Gasteiger partial charge in [0.15, 0.2) is 0 Å². The predicted octanol–water partition coefficient (Wildman–Crippen LogP) is 4.21. The summed E-state index contributed by atoms with van der Waals surface area (Å²) in [5.74, 6) is 0. The van der Waals surface area contributed by atoms with Crippen LogP contribution in [0.3, 0.4) is 0 Å². The van der Waals surface area contributed by atoms with Gasteiger partial charge in [0.25, 0.3) is 0 Å². The third kappa shape index (κ3) is 5.02. The molecule has 0 rings (SSSR count). The van der Waals surface area contributed by atoms with E-state index in [9.17, 15) is 0 Å². The Hall–Kier alpha value is -0.643. The largest absolute Gasteiger partial charge is 0.388 e. The minimum atomic E-state index is -1.92. The lowest BCUT2D eigenvalue weighted by molar-refractivity contribution is -0.0436. The lowest BCUT2D eigenvalue weighted by Crippen LogP contribution is -2.38. The van der Waals surface area contributed by atoms with Crippen LogP contribution in [-0.4, -0.2) is 21.7 Å². The zero-order valence-electron chi connectivity index (χ0n) is 12.2. The summed E-state index contributed by atoms with van der Waals surface area (Å²) in [5, 5.41) is 1.31. The number of ether oxygens (including phenoxy) is 1. The first kappa shape index (κ1) is 16.4. The van der Waals surface area contributed by atoms with Gasteiger partial charge in [-0.1, -0.05) is 24.3 Å². The Morgan fingerprint density at radius 1 is 1.12 bits per heavy atom. The Balaban J connectivity index is 5.12. The fourth-order valence-corrected chi connectivity index (χ4v) is 4.58. The van der Waals surface area contributed by atoms with Crippen LogP contribution in [0, 0.1) is 0 Å². The summed E-state index contributed by atoms with van der Waals surface area (Å²) in [6.07, 6.45) is 8.32. The average molecular weight is 254 g/mol. The summed E-state index contributed by atoms with van der Waals surface area (Å²) in [7, 11) is -0.248. The van der Waals surface area contributed by atoms with E-state index in [0.717, 1.165) is 0 Å². The minimum absolute atomic E-state index is 0.157. The van der Waals surface area contributed by atoms with Gasteiger partial charge in [0.1, 0.15) is 6.29 Å². The van der Waals surface area contributed by atoms with Crippen molar-refractivity contribution in [1.82, 2.24) is 0 Å². The van der Waals surface area contributed by atoms with Crippen LogP contribution in [0.2, 0.25) is 13.1 Å². The molecule has 0 aromatic carbocycles. The highest BCUT2D eigenvalue weighted by atomic mass is 28.4. The quantitative estimate of drug-likeness (QED) is 0.401. The van der Waals surface area contributed by atoms with E-state index < -0.39 is 8.32 Å². The molecular formula is C14H26O2Si. The number of hydrogen-bond donors (Lipinski definition) is 0. The number of hydrogen-bond acceptors (Lipinski definition) is 2. The highest BCUT2D eigenvalue weighted by molar-refractivity contribution is 6.79. The van der Waals surface area contributed by atoms with Gasteiger partial charge in [-0.05, 0) is 51.6 Å². The van der Waals surface area contributed by atoms with Gasteiger partial charge >= 0.3 is 0 Å². The lowest BCUT2D eigenvalue weighted by atomic mass is 10.2. The molecule has 2 nitrogen and oxygen atoms in total. The summed E-state index contributed by atoms with van der Waals surface area (Å²) in [6.45, 7) is 12.5. The molecule has 0 heterocycles. The molecule has 0 aromatic rings. The molecule has 17 heavy (non-hydrogen) atoms. The Kier molecular flexibility index (Phi) is 7.35. The maximum atomic E-state index is 6.04. The summed E-state index contributed by atoms with van der Waals surface area (Å²) >= 11 is 0. The van der Waals surface area contributed by atoms with Gasteiger partial charge in [0.05, 0.1) is 0 Å². The zero-order chi connectivity index (χ0) is 13.5. The van der Waals surface area contributed by atoms with Gasteiger partial charge in [0, 0.05) is 7.11 Å². The van der Waals surface area contributed by atoms with Gasteiger partial charge in [-0.3, -0.25) is 0 Å². The molecule has 0 aromatic heterocycles. The van der Waals surface area contributed by atoms with E-state index in [1.165, 1.54) is 10.8 Å². The molecule has 0 spiro atoms. The smallest absolute Gasteiger partial charge is 0.221 e. The maximum Gasteiger partial charge on any atom is 0.221 e.